The van der Waals surface area contributed by atoms with Crippen LogP contribution in [0.4, 0.5) is 0 Å². The molecule has 2 unspecified atom stereocenters. The lowest BCUT2D eigenvalue weighted by molar-refractivity contribution is -0.145. The molecule has 0 aromatic heterocycles. The van der Waals surface area contributed by atoms with E-state index in [1.807, 2.05) is 42.7 Å². The number of piperidine rings is 1. The van der Waals surface area contributed by atoms with E-state index in [4.69, 9.17) is 0 Å². The molecule has 0 bridgehead atoms. The van der Waals surface area contributed by atoms with E-state index in [0.717, 1.165) is 44.3 Å². The van der Waals surface area contributed by atoms with Gasteiger partial charge in [0.25, 0.3) is 0 Å². The van der Waals surface area contributed by atoms with Crippen molar-refractivity contribution in [3.8, 4) is 5.75 Å². The first-order valence-corrected chi connectivity index (χ1v) is 9.66. The van der Waals surface area contributed by atoms with Crippen LogP contribution in [0.3, 0.4) is 0 Å². The Balaban J connectivity index is 1.71. The number of rotatable bonds is 2. The number of benzene rings is 1. The number of phenolic OH excluding ortho intramolecular Hbond substituents is 1. The SMILES string of the molecule is CC(C)(C)C(=O)N1CCCC(C(=O)N2CCCC2c2ccc(O)cc2)C1. The van der Waals surface area contributed by atoms with Crippen LogP contribution in [0.25, 0.3) is 0 Å². The molecule has 2 saturated heterocycles. The average molecular weight is 358 g/mol. The Morgan fingerprint density at radius 3 is 2.35 bits per heavy atom. The summed E-state index contributed by atoms with van der Waals surface area (Å²) in [6, 6.07) is 7.25. The summed E-state index contributed by atoms with van der Waals surface area (Å²) in [4.78, 5) is 29.7. The van der Waals surface area contributed by atoms with Gasteiger partial charge in [0.15, 0.2) is 0 Å². The zero-order chi connectivity index (χ0) is 18.9. The van der Waals surface area contributed by atoms with Crippen LogP contribution in [0, 0.1) is 11.3 Å². The highest BCUT2D eigenvalue weighted by Crippen LogP contribution is 2.35. The van der Waals surface area contributed by atoms with Crippen molar-refractivity contribution in [2.24, 2.45) is 11.3 Å². The molecule has 2 atom stereocenters. The maximum atomic E-state index is 13.2. The Morgan fingerprint density at radius 1 is 1.04 bits per heavy atom. The zero-order valence-electron chi connectivity index (χ0n) is 16.1. The highest BCUT2D eigenvalue weighted by atomic mass is 16.3. The molecule has 1 aromatic rings. The number of likely N-dealkylation sites (tertiary alicyclic amines) is 2. The van der Waals surface area contributed by atoms with Crippen molar-refractivity contribution in [1.82, 2.24) is 9.80 Å². The third-order valence-electron chi connectivity index (χ3n) is 5.51. The first-order valence-electron chi connectivity index (χ1n) is 9.66. The quantitative estimate of drug-likeness (QED) is 0.882. The van der Waals surface area contributed by atoms with Crippen molar-refractivity contribution >= 4 is 11.8 Å². The number of nitrogens with zero attached hydrogens (tertiary/aromatic N) is 2. The molecule has 2 aliphatic rings. The van der Waals surface area contributed by atoms with Crippen molar-refractivity contribution in [3.63, 3.8) is 0 Å². The first kappa shape index (κ1) is 18.7. The Labute approximate surface area is 156 Å². The molecule has 2 aliphatic heterocycles. The topological polar surface area (TPSA) is 60.9 Å². The number of hydrogen-bond donors (Lipinski definition) is 1. The van der Waals surface area contributed by atoms with Gasteiger partial charge in [-0.15, -0.1) is 0 Å². The molecule has 0 radical (unpaired) electrons. The molecule has 0 aliphatic carbocycles. The van der Waals surface area contributed by atoms with Gasteiger partial charge in [0.1, 0.15) is 5.75 Å². The lowest BCUT2D eigenvalue weighted by Gasteiger charge is -2.38. The van der Waals surface area contributed by atoms with Crippen LogP contribution < -0.4 is 0 Å². The smallest absolute Gasteiger partial charge is 0.227 e. The summed E-state index contributed by atoms with van der Waals surface area (Å²) in [6.07, 6.45) is 3.68. The maximum Gasteiger partial charge on any atom is 0.227 e. The minimum atomic E-state index is -0.410. The van der Waals surface area contributed by atoms with E-state index in [2.05, 4.69) is 0 Å². The van der Waals surface area contributed by atoms with Crippen molar-refractivity contribution < 1.29 is 14.7 Å². The molecule has 3 rings (SSSR count). The average Bonchev–Trinajstić information content (AvgIpc) is 3.10. The normalized spacial score (nSPS) is 24.0. The lowest BCUT2D eigenvalue weighted by atomic mass is 9.90. The lowest BCUT2D eigenvalue weighted by Crippen LogP contribution is -2.49. The van der Waals surface area contributed by atoms with Gasteiger partial charge in [-0.05, 0) is 43.4 Å². The largest absolute Gasteiger partial charge is 0.508 e. The van der Waals surface area contributed by atoms with Crippen LogP contribution in [-0.2, 0) is 9.59 Å². The van der Waals surface area contributed by atoms with Gasteiger partial charge in [-0.2, -0.15) is 0 Å². The van der Waals surface area contributed by atoms with Crippen LogP contribution in [0.1, 0.15) is 58.1 Å². The Morgan fingerprint density at radius 2 is 1.69 bits per heavy atom. The van der Waals surface area contributed by atoms with Gasteiger partial charge in [-0.25, -0.2) is 0 Å². The van der Waals surface area contributed by atoms with Crippen LogP contribution in [-0.4, -0.2) is 46.4 Å². The summed E-state index contributed by atoms with van der Waals surface area (Å²) in [5.41, 5.74) is 0.666. The third-order valence-corrected chi connectivity index (χ3v) is 5.51. The molecule has 2 heterocycles. The molecule has 5 heteroatoms. The predicted molar refractivity (Wildman–Crippen MR) is 101 cm³/mol. The molecule has 2 amide bonds. The first-order chi connectivity index (χ1) is 12.3. The fourth-order valence-electron chi connectivity index (χ4n) is 4.15. The van der Waals surface area contributed by atoms with Crippen LogP contribution in [0.2, 0.25) is 0 Å². The highest BCUT2D eigenvalue weighted by molar-refractivity contribution is 5.84. The number of hydrogen-bond acceptors (Lipinski definition) is 3. The van der Waals surface area contributed by atoms with E-state index < -0.39 is 5.41 Å². The van der Waals surface area contributed by atoms with E-state index in [1.165, 1.54) is 0 Å². The third kappa shape index (κ3) is 3.87. The molecule has 2 fully saturated rings. The fourth-order valence-corrected chi connectivity index (χ4v) is 4.15. The minimum Gasteiger partial charge on any atom is -0.508 e. The molecule has 1 aromatic carbocycles. The van der Waals surface area contributed by atoms with Gasteiger partial charge in [-0.1, -0.05) is 32.9 Å². The highest BCUT2D eigenvalue weighted by Gasteiger charge is 2.38. The molecule has 26 heavy (non-hydrogen) atoms. The van der Waals surface area contributed by atoms with Crippen molar-refractivity contribution in [2.75, 3.05) is 19.6 Å². The molecular weight excluding hydrogens is 328 g/mol. The fraction of sp³-hybridized carbons (Fsp3) is 0.619. The van der Waals surface area contributed by atoms with Gasteiger partial charge in [-0.3, -0.25) is 9.59 Å². The number of phenols is 1. The molecule has 142 valence electrons. The monoisotopic (exact) mass is 358 g/mol. The summed E-state index contributed by atoms with van der Waals surface area (Å²) in [6.45, 7) is 7.86. The Bertz CT molecular complexity index is 663. The van der Waals surface area contributed by atoms with Gasteiger partial charge >= 0.3 is 0 Å². The summed E-state index contributed by atoms with van der Waals surface area (Å²) < 4.78 is 0. The van der Waals surface area contributed by atoms with E-state index >= 15 is 0 Å². The predicted octanol–water partition coefficient (Wildman–Crippen LogP) is 3.34. The summed E-state index contributed by atoms with van der Waals surface area (Å²) in [5.74, 6) is 0.444. The Hall–Kier alpha value is -2.04. The second-order valence-corrected chi connectivity index (χ2v) is 8.62. The van der Waals surface area contributed by atoms with Gasteiger partial charge in [0, 0.05) is 25.0 Å². The summed E-state index contributed by atoms with van der Waals surface area (Å²) >= 11 is 0. The maximum absolute atomic E-state index is 13.2. The number of carbonyl (C=O) groups is 2. The Kier molecular flexibility index (Phi) is 5.26. The molecular formula is C21H30N2O3. The number of amides is 2. The van der Waals surface area contributed by atoms with Gasteiger partial charge < -0.3 is 14.9 Å². The molecule has 0 saturated carbocycles. The summed E-state index contributed by atoms with van der Waals surface area (Å²) in [7, 11) is 0. The van der Waals surface area contributed by atoms with Gasteiger partial charge in [0.05, 0.1) is 12.0 Å². The van der Waals surface area contributed by atoms with E-state index in [0.29, 0.717) is 6.54 Å². The van der Waals surface area contributed by atoms with Crippen molar-refractivity contribution in [2.45, 2.75) is 52.5 Å². The minimum absolute atomic E-state index is 0.0804. The second kappa shape index (κ2) is 7.29. The molecule has 1 N–H and O–H groups in total. The van der Waals surface area contributed by atoms with E-state index in [9.17, 15) is 14.7 Å². The van der Waals surface area contributed by atoms with Crippen LogP contribution >= 0.6 is 0 Å². The zero-order valence-corrected chi connectivity index (χ0v) is 16.1. The van der Waals surface area contributed by atoms with E-state index in [-0.39, 0.29) is 29.5 Å². The summed E-state index contributed by atoms with van der Waals surface area (Å²) in [5, 5.41) is 9.51. The van der Waals surface area contributed by atoms with Crippen molar-refractivity contribution in [3.05, 3.63) is 29.8 Å². The van der Waals surface area contributed by atoms with Crippen LogP contribution in [0.15, 0.2) is 24.3 Å². The van der Waals surface area contributed by atoms with Gasteiger partial charge in [0.2, 0.25) is 11.8 Å². The number of aromatic hydroxyl groups is 1. The standard InChI is InChI=1S/C21H30N2O3/c1-21(2,3)20(26)22-12-4-6-16(14-22)19(25)23-13-5-7-18(23)15-8-10-17(24)11-9-15/h8-11,16,18,24H,4-7,12-14H2,1-3H3. The van der Waals surface area contributed by atoms with E-state index in [1.54, 1.807) is 12.1 Å². The second-order valence-electron chi connectivity index (χ2n) is 8.62. The molecule has 5 nitrogen and oxygen atoms in total. The van der Waals surface area contributed by atoms with Crippen LogP contribution in [0.5, 0.6) is 5.75 Å². The molecule has 0 spiro atoms. The van der Waals surface area contributed by atoms with Crippen molar-refractivity contribution in [1.29, 1.82) is 0 Å². The number of carbonyl (C=O) groups excluding carboxylic acids is 2.